The van der Waals surface area contributed by atoms with E-state index in [1.807, 2.05) is 0 Å². The van der Waals surface area contributed by atoms with Crippen LogP contribution in [0.15, 0.2) is 18.2 Å². The molecule has 0 fully saturated rings. The van der Waals surface area contributed by atoms with Crippen LogP contribution in [0.1, 0.15) is 20.7 Å². The molecular weight excluding hydrogens is 208 g/mol. The van der Waals surface area contributed by atoms with E-state index in [-0.39, 0.29) is 16.9 Å². The molecule has 1 aromatic rings. The van der Waals surface area contributed by atoms with Crippen molar-refractivity contribution in [1.29, 1.82) is 0 Å². The number of aromatic hydroxyl groups is 1. The Morgan fingerprint density at radius 1 is 1.31 bits per heavy atom. The second-order valence-electron chi connectivity index (χ2n) is 3.48. The standard InChI is InChI=1S/C11H14N2O3/c1-12-10(15)7-5-4-6-8(14)9(7)11(16)13(2)3/h4-6,14H,1-3H3,(H,12,15). The molecule has 0 aromatic heterocycles. The van der Waals surface area contributed by atoms with Crippen molar-refractivity contribution in [1.82, 2.24) is 10.2 Å². The number of hydrogen-bond acceptors (Lipinski definition) is 3. The number of rotatable bonds is 2. The molecule has 16 heavy (non-hydrogen) atoms. The van der Waals surface area contributed by atoms with Crippen LogP contribution in [-0.4, -0.2) is 43.0 Å². The zero-order valence-corrected chi connectivity index (χ0v) is 9.44. The Balaban J connectivity index is 3.35. The molecule has 0 bridgehead atoms. The number of hydrogen-bond donors (Lipinski definition) is 2. The minimum atomic E-state index is -0.406. The summed E-state index contributed by atoms with van der Waals surface area (Å²) in [5.74, 6) is -1.00. The fraction of sp³-hybridized carbons (Fsp3) is 0.273. The van der Waals surface area contributed by atoms with Gasteiger partial charge in [-0.3, -0.25) is 9.59 Å². The maximum Gasteiger partial charge on any atom is 0.257 e. The highest BCUT2D eigenvalue weighted by Crippen LogP contribution is 2.22. The third kappa shape index (κ3) is 2.13. The summed E-state index contributed by atoms with van der Waals surface area (Å²) in [6, 6.07) is 4.39. The van der Waals surface area contributed by atoms with Gasteiger partial charge in [-0.1, -0.05) is 6.07 Å². The highest BCUT2D eigenvalue weighted by atomic mass is 16.3. The lowest BCUT2D eigenvalue weighted by Gasteiger charge is -2.14. The Morgan fingerprint density at radius 3 is 2.44 bits per heavy atom. The second kappa shape index (κ2) is 4.65. The molecule has 0 aliphatic heterocycles. The van der Waals surface area contributed by atoms with Crippen molar-refractivity contribution < 1.29 is 14.7 Å². The Kier molecular flexibility index (Phi) is 3.50. The fourth-order valence-corrected chi connectivity index (χ4v) is 1.31. The van der Waals surface area contributed by atoms with E-state index >= 15 is 0 Å². The van der Waals surface area contributed by atoms with Crippen LogP contribution >= 0.6 is 0 Å². The van der Waals surface area contributed by atoms with E-state index in [0.717, 1.165) is 0 Å². The van der Waals surface area contributed by atoms with Gasteiger partial charge >= 0.3 is 0 Å². The molecule has 2 N–H and O–H groups in total. The van der Waals surface area contributed by atoms with Gasteiger partial charge in [0.05, 0.1) is 11.1 Å². The van der Waals surface area contributed by atoms with Gasteiger partial charge in [-0.05, 0) is 12.1 Å². The summed E-state index contributed by atoms with van der Waals surface area (Å²) < 4.78 is 0. The van der Waals surface area contributed by atoms with Crippen LogP contribution in [0.2, 0.25) is 0 Å². The van der Waals surface area contributed by atoms with Crippen molar-refractivity contribution in [2.45, 2.75) is 0 Å². The van der Waals surface area contributed by atoms with Crippen molar-refractivity contribution in [3.05, 3.63) is 29.3 Å². The predicted molar refractivity (Wildman–Crippen MR) is 59.5 cm³/mol. The molecule has 0 saturated carbocycles. The van der Waals surface area contributed by atoms with Gasteiger partial charge in [-0.2, -0.15) is 0 Å². The maximum atomic E-state index is 11.8. The van der Waals surface area contributed by atoms with Gasteiger partial charge in [-0.15, -0.1) is 0 Å². The molecule has 0 aliphatic rings. The highest BCUT2D eigenvalue weighted by Gasteiger charge is 2.21. The fourth-order valence-electron chi connectivity index (χ4n) is 1.31. The first kappa shape index (κ1) is 12.0. The van der Waals surface area contributed by atoms with Crippen molar-refractivity contribution in [3.8, 4) is 5.75 Å². The zero-order valence-electron chi connectivity index (χ0n) is 9.44. The summed E-state index contributed by atoms with van der Waals surface area (Å²) in [6.07, 6.45) is 0. The predicted octanol–water partition coefficient (Wildman–Crippen LogP) is 0.454. The minimum Gasteiger partial charge on any atom is -0.507 e. The number of nitrogens with one attached hydrogen (secondary N) is 1. The summed E-state index contributed by atoms with van der Waals surface area (Å²) in [5, 5.41) is 12.0. The van der Waals surface area contributed by atoms with Gasteiger partial charge in [-0.25, -0.2) is 0 Å². The van der Waals surface area contributed by atoms with Gasteiger partial charge in [0.2, 0.25) is 0 Å². The van der Waals surface area contributed by atoms with E-state index in [1.165, 1.54) is 30.1 Å². The smallest absolute Gasteiger partial charge is 0.257 e. The molecule has 0 atom stereocenters. The number of benzene rings is 1. The SMILES string of the molecule is CNC(=O)c1cccc(O)c1C(=O)N(C)C. The lowest BCUT2D eigenvalue weighted by atomic mass is 10.0. The van der Waals surface area contributed by atoms with Crippen LogP contribution < -0.4 is 5.32 Å². The molecule has 0 spiro atoms. The third-order valence-corrected chi connectivity index (χ3v) is 2.13. The average molecular weight is 222 g/mol. The van der Waals surface area contributed by atoms with Gasteiger partial charge in [0.1, 0.15) is 5.75 Å². The lowest BCUT2D eigenvalue weighted by molar-refractivity contribution is 0.0815. The van der Waals surface area contributed by atoms with E-state index in [4.69, 9.17) is 0 Å². The van der Waals surface area contributed by atoms with Crippen molar-refractivity contribution in [2.75, 3.05) is 21.1 Å². The van der Waals surface area contributed by atoms with E-state index in [2.05, 4.69) is 5.32 Å². The number of carbonyl (C=O) groups is 2. The number of carbonyl (C=O) groups excluding carboxylic acids is 2. The molecule has 86 valence electrons. The van der Waals surface area contributed by atoms with Gasteiger partial charge in [0, 0.05) is 21.1 Å². The maximum absolute atomic E-state index is 11.8. The Hall–Kier alpha value is -2.04. The van der Waals surface area contributed by atoms with Crippen LogP contribution in [-0.2, 0) is 0 Å². The van der Waals surface area contributed by atoms with E-state index in [1.54, 1.807) is 14.1 Å². The van der Waals surface area contributed by atoms with Crippen LogP contribution in [0.25, 0.3) is 0 Å². The number of phenolic OH excluding ortho intramolecular Hbond substituents is 1. The van der Waals surface area contributed by atoms with Gasteiger partial charge < -0.3 is 15.3 Å². The minimum absolute atomic E-state index is 0.0202. The summed E-state index contributed by atoms with van der Waals surface area (Å²) in [5.41, 5.74) is 0.188. The number of amides is 2. The monoisotopic (exact) mass is 222 g/mol. The van der Waals surface area contributed by atoms with Crippen LogP contribution in [0.3, 0.4) is 0 Å². The third-order valence-electron chi connectivity index (χ3n) is 2.13. The topological polar surface area (TPSA) is 69.6 Å². The molecular formula is C11H14N2O3. The number of phenols is 1. The van der Waals surface area contributed by atoms with Crippen molar-refractivity contribution in [2.24, 2.45) is 0 Å². The second-order valence-corrected chi connectivity index (χ2v) is 3.48. The Labute approximate surface area is 93.7 Å². The van der Waals surface area contributed by atoms with Crippen LogP contribution in [0.5, 0.6) is 5.75 Å². The summed E-state index contributed by atoms with van der Waals surface area (Å²) in [4.78, 5) is 24.6. The first-order valence-corrected chi connectivity index (χ1v) is 4.74. The van der Waals surface area contributed by atoms with Gasteiger partial charge in [0.15, 0.2) is 0 Å². The van der Waals surface area contributed by atoms with E-state index < -0.39 is 11.8 Å². The Bertz CT molecular complexity index is 427. The molecule has 0 radical (unpaired) electrons. The summed E-state index contributed by atoms with van der Waals surface area (Å²) in [6.45, 7) is 0. The highest BCUT2D eigenvalue weighted by molar-refractivity contribution is 6.08. The normalized spacial score (nSPS) is 9.69. The van der Waals surface area contributed by atoms with Gasteiger partial charge in [0.25, 0.3) is 11.8 Å². The Morgan fingerprint density at radius 2 is 1.94 bits per heavy atom. The first-order valence-electron chi connectivity index (χ1n) is 4.74. The summed E-state index contributed by atoms with van der Waals surface area (Å²) in [7, 11) is 4.58. The average Bonchev–Trinajstić information content (AvgIpc) is 2.26. The largest absolute Gasteiger partial charge is 0.507 e. The molecule has 1 aromatic carbocycles. The molecule has 0 heterocycles. The van der Waals surface area contributed by atoms with Crippen LogP contribution in [0.4, 0.5) is 0 Å². The molecule has 2 amide bonds. The molecule has 5 nitrogen and oxygen atoms in total. The summed E-state index contributed by atoms with van der Waals surface area (Å²) >= 11 is 0. The van der Waals surface area contributed by atoms with E-state index in [9.17, 15) is 14.7 Å². The molecule has 0 saturated heterocycles. The zero-order chi connectivity index (χ0) is 12.3. The van der Waals surface area contributed by atoms with Crippen molar-refractivity contribution in [3.63, 3.8) is 0 Å². The number of nitrogens with zero attached hydrogens (tertiary/aromatic N) is 1. The van der Waals surface area contributed by atoms with Crippen LogP contribution in [0, 0.1) is 0 Å². The van der Waals surface area contributed by atoms with Crippen molar-refractivity contribution >= 4 is 11.8 Å². The molecule has 0 unspecified atom stereocenters. The quantitative estimate of drug-likeness (QED) is 0.763. The first-order chi connectivity index (χ1) is 7.49. The molecule has 1 rings (SSSR count). The molecule has 0 aliphatic carbocycles. The lowest BCUT2D eigenvalue weighted by Crippen LogP contribution is -2.27. The van der Waals surface area contributed by atoms with E-state index in [0.29, 0.717) is 0 Å². The molecule has 5 heteroatoms.